The van der Waals surface area contributed by atoms with Crippen molar-refractivity contribution in [1.29, 1.82) is 0 Å². The molecule has 0 aromatic carbocycles. The molecule has 0 heterocycles. The minimum Gasteiger partial charge on any atom is -0.462 e. The lowest BCUT2D eigenvalue weighted by molar-refractivity contribution is -0.156. The number of esters is 1. The third-order valence-electron chi connectivity index (χ3n) is 5.28. The number of ether oxygens (including phenoxy) is 1. The third kappa shape index (κ3) is 1.33. The van der Waals surface area contributed by atoms with Crippen LogP contribution in [-0.4, -0.2) is 12.1 Å². The number of hydrogen-bond donors (Lipinski definition) is 0. The fourth-order valence-corrected chi connectivity index (χ4v) is 3.55. The Labute approximate surface area is 92.4 Å². The van der Waals surface area contributed by atoms with Crippen LogP contribution in [0.1, 0.15) is 53.4 Å². The standard InChI is InChI=1S/C13H22O2/c1-5-11(14)15-10-8-9-6-7-13(10,4)12(9,2)3/h9-10H,5-8H2,1-4H3/t9?,10?,13-/m1/s1. The van der Waals surface area contributed by atoms with Gasteiger partial charge in [0.25, 0.3) is 0 Å². The van der Waals surface area contributed by atoms with Crippen LogP contribution in [0.15, 0.2) is 0 Å². The van der Waals surface area contributed by atoms with Gasteiger partial charge in [-0.05, 0) is 30.6 Å². The van der Waals surface area contributed by atoms with E-state index in [9.17, 15) is 4.79 Å². The minimum absolute atomic E-state index is 0.0374. The average Bonchev–Trinajstić information content (AvgIpc) is 2.50. The quantitative estimate of drug-likeness (QED) is 0.654. The molecule has 0 N–H and O–H groups in total. The Morgan fingerprint density at radius 2 is 2.07 bits per heavy atom. The topological polar surface area (TPSA) is 26.3 Å². The van der Waals surface area contributed by atoms with Gasteiger partial charge in [0.1, 0.15) is 6.10 Å². The summed E-state index contributed by atoms with van der Waals surface area (Å²) in [5, 5.41) is 0. The Morgan fingerprint density at radius 3 is 2.47 bits per heavy atom. The summed E-state index contributed by atoms with van der Waals surface area (Å²) < 4.78 is 5.59. The second-order valence-corrected chi connectivity index (χ2v) is 5.94. The van der Waals surface area contributed by atoms with Crippen LogP contribution in [0.3, 0.4) is 0 Å². The van der Waals surface area contributed by atoms with E-state index in [1.165, 1.54) is 12.8 Å². The molecule has 2 aliphatic rings. The molecule has 3 atom stereocenters. The number of carbonyl (C=O) groups is 1. The van der Waals surface area contributed by atoms with Crippen LogP contribution in [0.2, 0.25) is 0 Å². The van der Waals surface area contributed by atoms with Gasteiger partial charge in [-0.15, -0.1) is 0 Å². The first-order valence-electron chi connectivity index (χ1n) is 6.11. The highest BCUT2D eigenvalue weighted by Crippen LogP contribution is 2.66. The fraction of sp³-hybridized carbons (Fsp3) is 0.923. The number of hydrogen-bond acceptors (Lipinski definition) is 2. The van der Waals surface area contributed by atoms with Crippen LogP contribution in [-0.2, 0) is 9.53 Å². The maximum atomic E-state index is 11.4. The van der Waals surface area contributed by atoms with E-state index in [0.29, 0.717) is 11.8 Å². The second-order valence-electron chi connectivity index (χ2n) is 5.94. The summed E-state index contributed by atoms with van der Waals surface area (Å²) >= 11 is 0. The Morgan fingerprint density at radius 1 is 1.40 bits per heavy atom. The summed E-state index contributed by atoms with van der Waals surface area (Å²) in [7, 11) is 0. The summed E-state index contributed by atoms with van der Waals surface area (Å²) in [6.45, 7) is 8.84. The molecule has 0 amide bonds. The zero-order chi connectivity index (χ0) is 11.3. The number of fused-ring (bicyclic) bond motifs is 2. The van der Waals surface area contributed by atoms with Crippen molar-refractivity contribution in [3.05, 3.63) is 0 Å². The van der Waals surface area contributed by atoms with Crippen LogP contribution in [0.4, 0.5) is 0 Å². The summed E-state index contributed by atoms with van der Waals surface area (Å²) in [6.07, 6.45) is 4.27. The first kappa shape index (κ1) is 11.0. The highest BCUT2D eigenvalue weighted by molar-refractivity contribution is 5.69. The van der Waals surface area contributed by atoms with Gasteiger partial charge in [-0.2, -0.15) is 0 Å². The molecule has 0 spiro atoms. The Balaban J connectivity index is 2.15. The van der Waals surface area contributed by atoms with E-state index in [1.807, 2.05) is 6.92 Å². The molecule has 2 saturated carbocycles. The van der Waals surface area contributed by atoms with Crippen molar-refractivity contribution in [1.82, 2.24) is 0 Å². The maximum absolute atomic E-state index is 11.4. The van der Waals surface area contributed by atoms with Gasteiger partial charge in [-0.25, -0.2) is 0 Å². The largest absolute Gasteiger partial charge is 0.462 e. The van der Waals surface area contributed by atoms with Crippen molar-refractivity contribution in [2.24, 2.45) is 16.7 Å². The van der Waals surface area contributed by atoms with Gasteiger partial charge in [-0.1, -0.05) is 27.7 Å². The summed E-state index contributed by atoms with van der Waals surface area (Å²) in [4.78, 5) is 11.4. The van der Waals surface area contributed by atoms with E-state index in [1.54, 1.807) is 0 Å². The van der Waals surface area contributed by atoms with Crippen LogP contribution in [0.25, 0.3) is 0 Å². The van der Waals surface area contributed by atoms with Crippen LogP contribution < -0.4 is 0 Å². The Bertz CT molecular complexity index is 282. The molecule has 86 valence electrons. The van der Waals surface area contributed by atoms with E-state index in [0.717, 1.165) is 12.3 Å². The number of rotatable bonds is 2. The van der Waals surface area contributed by atoms with Crippen molar-refractivity contribution >= 4 is 5.97 Å². The highest BCUT2D eigenvalue weighted by Gasteiger charge is 2.62. The summed E-state index contributed by atoms with van der Waals surface area (Å²) in [5.74, 6) is 0.710. The zero-order valence-electron chi connectivity index (χ0n) is 10.3. The maximum Gasteiger partial charge on any atom is 0.305 e. The molecule has 2 heteroatoms. The second kappa shape index (κ2) is 3.23. The van der Waals surface area contributed by atoms with E-state index in [4.69, 9.17) is 4.74 Å². The first-order valence-corrected chi connectivity index (χ1v) is 6.11. The molecule has 0 radical (unpaired) electrons. The summed E-state index contributed by atoms with van der Waals surface area (Å²) in [5.41, 5.74) is 0.550. The van der Waals surface area contributed by atoms with Crippen molar-refractivity contribution in [2.45, 2.75) is 59.5 Å². The normalized spacial score (nSPS) is 41.9. The van der Waals surface area contributed by atoms with Gasteiger partial charge in [-0.3, -0.25) is 4.79 Å². The lowest BCUT2D eigenvalue weighted by atomic mass is 9.70. The minimum atomic E-state index is -0.0374. The van der Waals surface area contributed by atoms with Gasteiger partial charge >= 0.3 is 5.97 Å². The zero-order valence-corrected chi connectivity index (χ0v) is 10.3. The lowest BCUT2D eigenvalue weighted by Crippen LogP contribution is -2.38. The van der Waals surface area contributed by atoms with E-state index in [2.05, 4.69) is 20.8 Å². The molecule has 0 aliphatic heterocycles. The highest BCUT2D eigenvalue weighted by atomic mass is 16.5. The van der Waals surface area contributed by atoms with Crippen molar-refractivity contribution < 1.29 is 9.53 Å². The fourth-order valence-electron chi connectivity index (χ4n) is 3.55. The predicted molar refractivity (Wildman–Crippen MR) is 59.4 cm³/mol. The molecular formula is C13H22O2. The van der Waals surface area contributed by atoms with Gasteiger partial charge in [0.15, 0.2) is 0 Å². The number of carbonyl (C=O) groups excluding carboxylic acids is 1. The van der Waals surface area contributed by atoms with Crippen LogP contribution in [0, 0.1) is 16.7 Å². The van der Waals surface area contributed by atoms with Crippen molar-refractivity contribution in [2.75, 3.05) is 0 Å². The Hall–Kier alpha value is -0.530. The third-order valence-corrected chi connectivity index (χ3v) is 5.28. The molecule has 2 nitrogen and oxygen atoms in total. The molecule has 2 bridgehead atoms. The van der Waals surface area contributed by atoms with Gasteiger partial charge in [0, 0.05) is 11.8 Å². The molecule has 15 heavy (non-hydrogen) atoms. The molecule has 0 aromatic heterocycles. The van der Waals surface area contributed by atoms with E-state index < -0.39 is 0 Å². The van der Waals surface area contributed by atoms with Crippen LogP contribution >= 0.6 is 0 Å². The Kier molecular flexibility index (Phi) is 2.36. The molecule has 0 saturated heterocycles. The van der Waals surface area contributed by atoms with E-state index >= 15 is 0 Å². The monoisotopic (exact) mass is 210 g/mol. The molecule has 0 aromatic rings. The summed E-state index contributed by atoms with van der Waals surface area (Å²) in [6, 6.07) is 0. The first-order chi connectivity index (χ1) is 6.91. The average molecular weight is 210 g/mol. The molecule has 2 aliphatic carbocycles. The van der Waals surface area contributed by atoms with Gasteiger partial charge in [0.2, 0.25) is 0 Å². The van der Waals surface area contributed by atoms with Gasteiger partial charge < -0.3 is 4.74 Å². The lowest BCUT2D eigenvalue weighted by Gasteiger charge is -2.38. The van der Waals surface area contributed by atoms with Crippen LogP contribution in [0.5, 0.6) is 0 Å². The van der Waals surface area contributed by atoms with Crippen molar-refractivity contribution in [3.63, 3.8) is 0 Å². The predicted octanol–water partition coefficient (Wildman–Crippen LogP) is 3.15. The molecule has 2 unspecified atom stereocenters. The van der Waals surface area contributed by atoms with Gasteiger partial charge in [0.05, 0.1) is 0 Å². The molecule has 2 fully saturated rings. The SMILES string of the molecule is CCC(=O)OC1CC2CC[C@@]1(C)C2(C)C. The molecule has 2 rings (SSSR count). The van der Waals surface area contributed by atoms with Crippen molar-refractivity contribution in [3.8, 4) is 0 Å². The molecular weight excluding hydrogens is 188 g/mol. The smallest absolute Gasteiger partial charge is 0.305 e. The van der Waals surface area contributed by atoms with E-state index in [-0.39, 0.29) is 17.5 Å².